The zero-order chi connectivity index (χ0) is 11.8. The minimum atomic E-state index is 0.760. The number of ether oxygens (including phenoxy) is 1. The fourth-order valence-electron chi connectivity index (χ4n) is 1.65. The third-order valence-electron chi connectivity index (χ3n) is 2.52. The number of hydrogen-bond acceptors (Lipinski definition) is 2. The van der Waals surface area contributed by atoms with Gasteiger partial charge in [-0.25, -0.2) is 0 Å². The quantitative estimate of drug-likeness (QED) is 0.714. The van der Waals surface area contributed by atoms with Gasteiger partial charge in [0.05, 0.1) is 6.61 Å². The van der Waals surface area contributed by atoms with Crippen molar-refractivity contribution in [3.63, 3.8) is 0 Å². The molecule has 0 spiro atoms. The Hall–Kier alpha value is -1.02. The number of hydrogen-bond donors (Lipinski definition) is 1. The van der Waals surface area contributed by atoms with Crippen LogP contribution in [0, 0.1) is 5.92 Å². The zero-order valence-corrected chi connectivity index (χ0v) is 10.6. The molecule has 0 radical (unpaired) electrons. The minimum absolute atomic E-state index is 0.760. The summed E-state index contributed by atoms with van der Waals surface area (Å²) in [5, 5.41) is 3.15. The van der Waals surface area contributed by atoms with E-state index in [-0.39, 0.29) is 0 Å². The summed E-state index contributed by atoms with van der Waals surface area (Å²) in [4.78, 5) is 0. The fourth-order valence-corrected chi connectivity index (χ4v) is 1.65. The van der Waals surface area contributed by atoms with E-state index in [1.807, 2.05) is 25.2 Å². The van der Waals surface area contributed by atoms with E-state index in [1.54, 1.807) is 0 Å². The van der Waals surface area contributed by atoms with Gasteiger partial charge in [0.15, 0.2) is 0 Å². The molecule has 1 N–H and O–H groups in total. The average Bonchev–Trinajstić information content (AvgIpc) is 2.26. The molecule has 0 atom stereocenters. The van der Waals surface area contributed by atoms with Crippen LogP contribution in [0.4, 0.5) is 0 Å². The SMILES string of the molecule is CNCc1ccccc1OCCCC(C)C. The van der Waals surface area contributed by atoms with Crippen molar-refractivity contribution in [2.24, 2.45) is 5.92 Å². The molecule has 1 aromatic rings. The maximum atomic E-state index is 5.80. The first kappa shape index (κ1) is 13.0. The monoisotopic (exact) mass is 221 g/mol. The molecule has 0 saturated heterocycles. The van der Waals surface area contributed by atoms with E-state index < -0.39 is 0 Å². The van der Waals surface area contributed by atoms with E-state index in [0.717, 1.165) is 31.2 Å². The highest BCUT2D eigenvalue weighted by Crippen LogP contribution is 2.18. The second-order valence-corrected chi connectivity index (χ2v) is 4.52. The molecular formula is C14H23NO. The second-order valence-electron chi connectivity index (χ2n) is 4.52. The molecule has 0 amide bonds. The first-order chi connectivity index (χ1) is 7.74. The average molecular weight is 221 g/mol. The second kappa shape index (κ2) is 7.29. The molecule has 1 rings (SSSR count). The molecule has 0 aliphatic heterocycles. The van der Waals surface area contributed by atoms with Crippen LogP contribution in [0.15, 0.2) is 24.3 Å². The number of benzene rings is 1. The van der Waals surface area contributed by atoms with Crippen LogP contribution in [0.2, 0.25) is 0 Å². The summed E-state index contributed by atoms with van der Waals surface area (Å²) >= 11 is 0. The molecule has 1 aromatic carbocycles. The lowest BCUT2D eigenvalue weighted by atomic mass is 10.1. The van der Waals surface area contributed by atoms with Crippen molar-refractivity contribution in [1.29, 1.82) is 0 Å². The van der Waals surface area contributed by atoms with Crippen LogP contribution in [0.5, 0.6) is 5.75 Å². The maximum absolute atomic E-state index is 5.80. The van der Waals surface area contributed by atoms with Crippen molar-refractivity contribution in [3.8, 4) is 5.75 Å². The van der Waals surface area contributed by atoms with Gasteiger partial charge in [0, 0.05) is 12.1 Å². The van der Waals surface area contributed by atoms with Gasteiger partial charge in [-0.1, -0.05) is 32.0 Å². The van der Waals surface area contributed by atoms with E-state index in [1.165, 1.54) is 12.0 Å². The van der Waals surface area contributed by atoms with E-state index in [9.17, 15) is 0 Å². The molecule has 2 nitrogen and oxygen atoms in total. The topological polar surface area (TPSA) is 21.3 Å². The van der Waals surface area contributed by atoms with E-state index in [0.29, 0.717) is 0 Å². The predicted octanol–water partition coefficient (Wildman–Crippen LogP) is 3.22. The lowest BCUT2D eigenvalue weighted by Crippen LogP contribution is -2.08. The summed E-state index contributed by atoms with van der Waals surface area (Å²) in [5.41, 5.74) is 1.23. The smallest absolute Gasteiger partial charge is 0.123 e. The van der Waals surface area contributed by atoms with Crippen LogP contribution in [-0.2, 0) is 6.54 Å². The highest BCUT2D eigenvalue weighted by atomic mass is 16.5. The van der Waals surface area contributed by atoms with Crippen molar-refractivity contribution in [3.05, 3.63) is 29.8 Å². The summed E-state index contributed by atoms with van der Waals surface area (Å²) in [7, 11) is 1.95. The molecule has 2 heteroatoms. The van der Waals surface area contributed by atoms with E-state index in [2.05, 4.69) is 25.2 Å². The third kappa shape index (κ3) is 4.67. The number of nitrogens with one attached hydrogen (secondary N) is 1. The first-order valence-electron chi connectivity index (χ1n) is 6.09. The Kier molecular flexibility index (Phi) is 5.94. The summed E-state index contributed by atoms with van der Waals surface area (Å²) < 4.78 is 5.80. The van der Waals surface area contributed by atoms with Crippen LogP contribution >= 0.6 is 0 Å². The minimum Gasteiger partial charge on any atom is -0.493 e. The van der Waals surface area contributed by atoms with Crippen LogP contribution in [0.1, 0.15) is 32.3 Å². The molecule has 0 heterocycles. The van der Waals surface area contributed by atoms with Gasteiger partial charge in [0.2, 0.25) is 0 Å². The molecule has 0 aliphatic carbocycles. The standard InChI is InChI=1S/C14H23NO/c1-12(2)7-6-10-16-14-9-5-4-8-13(14)11-15-3/h4-5,8-9,12,15H,6-7,10-11H2,1-3H3. The number of rotatable bonds is 7. The molecule has 0 saturated carbocycles. The van der Waals surface area contributed by atoms with Crippen molar-refractivity contribution in [2.45, 2.75) is 33.2 Å². The molecule has 0 bridgehead atoms. The largest absolute Gasteiger partial charge is 0.493 e. The third-order valence-corrected chi connectivity index (χ3v) is 2.52. The first-order valence-corrected chi connectivity index (χ1v) is 6.09. The summed E-state index contributed by atoms with van der Waals surface area (Å²) in [6.45, 7) is 6.17. The predicted molar refractivity (Wildman–Crippen MR) is 68.8 cm³/mol. The van der Waals surface area contributed by atoms with Crippen LogP contribution in [-0.4, -0.2) is 13.7 Å². The van der Waals surface area contributed by atoms with Crippen LogP contribution in [0.3, 0.4) is 0 Å². The number of para-hydroxylation sites is 1. The molecule has 0 fully saturated rings. The summed E-state index contributed by atoms with van der Waals surface area (Å²) in [6.07, 6.45) is 2.36. The lowest BCUT2D eigenvalue weighted by Gasteiger charge is -2.11. The van der Waals surface area contributed by atoms with Gasteiger partial charge >= 0.3 is 0 Å². The van der Waals surface area contributed by atoms with Crippen molar-refractivity contribution in [2.75, 3.05) is 13.7 Å². The van der Waals surface area contributed by atoms with Gasteiger partial charge in [-0.05, 0) is 31.9 Å². The highest BCUT2D eigenvalue weighted by molar-refractivity contribution is 5.33. The molecule has 0 unspecified atom stereocenters. The highest BCUT2D eigenvalue weighted by Gasteiger charge is 2.01. The Labute approximate surface area is 99.0 Å². The molecule has 16 heavy (non-hydrogen) atoms. The summed E-state index contributed by atoms with van der Waals surface area (Å²) in [6, 6.07) is 8.22. The Balaban J connectivity index is 2.40. The molecule has 90 valence electrons. The molecular weight excluding hydrogens is 198 g/mol. The fraction of sp³-hybridized carbons (Fsp3) is 0.571. The lowest BCUT2D eigenvalue weighted by molar-refractivity contribution is 0.294. The van der Waals surface area contributed by atoms with E-state index in [4.69, 9.17) is 4.74 Å². The normalized spacial score (nSPS) is 10.8. The van der Waals surface area contributed by atoms with Crippen molar-refractivity contribution in [1.82, 2.24) is 5.32 Å². The van der Waals surface area contributed by atoms with Gasteiger partial charge in [-0.2, -0.15) is 0 Å². The van der Waals surface area contributed by atoms with Gasteiger partial charge in [-0.3, -0.25) is 0 Å². The summed E-state index contributed by atoms with van der Waals surface area (Å²) in [5.74, 6) is 1.77. The van der Waals surface area contributed by atoms with Gasteiger partial charge in [0.25, 0.3) is 0 Å². The van der Waals surface area contributed by atoms with Crippen molar-refractivity contribution < 1.29 is 4.74 Å². The van der Waals surface area contributed by atoms with Crippen LogP contribution < -0.4 is 10.1 Å². The zero-order valence-electron chi connectivity index (χ0n) is 10.6. The maximum Gasteiger partial charge on any atom is 0.123 e. The Morgan fingerprint density at radius 2 is 2.00 bits per heavy atom. The molecule has 0 aromatic heterocycles. The molecule has 0 aliphatic rings. The van der Waals surface area contributed by atoms with Gasteiger partial charge < -0.3 is 10.1 Å². The van der Waals surface area contributed by atoms with Gasteiger partial charge in [-0.15, -0.1) is 0 Å². The van der Waals surface area contributed by atoms with Gasteiger partial charge in [0.1, 0.15) is 5.75 Å². The Morgan fingerprint density at radius 1 is 1.25 bits per heavy atom. The van der Waals surface area contributed by atoms with Crippen molar-refractivity contribution >= 4 is 0 Å². The Bertz CT molecular complexity index is 297. The van der Waals surface area contributed by atoms with E-state index >= 15 is 0 Å². The van der Waals surface area contributed by atoms with Crippen LogP contribution in [0.25, 0.3) is 0 Å². The Morgan fingerprint density at radius 3 is 2.69 bits per heavy atom.